The van der Waals surface area contributed by atoms with Gasteiger partial charge in [-0.05, 0) is 64.3 Å². The number of rotatable bonds is 6. The van der Waals surface area contributed by atoms with E-state index in [0.29, 0.717) is 6.61 Å². The lowest BCUT2D eigenvalue weighted by atomic mass is 9.86. The SMILES string of the molecule is COc1cc2c(cc1CC=C(C)C)[C@@H]1COc3c(ccc(OC)c3CC=C(C)C)[C@@H]1O2. The van der Waals surface area contributed by atoms with Crippen LogP contribution >= 0.6 is 0 Å². The van der Waals surface area contributed by atoms with Gasteiger partial charge in [0.05, 0.1) is 26.7 Å². The Hall–Kier alpha value is -2.88. The second-order valence-corrected chi connectivity index (χ2v) is 8.79. The zero-order valence-electron chi connectivity index (χ0n) is 19.4. The normalized spacial score (nSPS) is 18.0. The van der Waals surface area contributed by atoms with Crippen molar-refractivity contribution < 1.29 is 18.9 Å². The van der Waals surface area contributed by atoms with Gasteiger partial charge in [0.25, 0.3) is 0 Å². The van der Waals surface area contributed by atoms with Crippen LogP contribution in [-0.4, -0.2) is 20.8 Å². The summed E-state index contributed by atoms with van der Waals surface area (Å²) in [6.45, 7) is 9.04. The maximum Gasteiger partial charge on any atom is 0.138 e. The molecule has 0 bridgehead atoms. The molecule has 31 heavy (non-hydrogen) atoms. The molecule has 0 aliphatic carbocycles. The zero-order valence-corrected chi connectivity index (χ0v) is 19.4. The highest BCUT2D eigenvalue weighted by Gasteiger charge is 2.42. The number of methoxy groups -OCH3 is 2. The van der Waals surface area contributed by atoms with Crippen LogP contribution in [0.15, 0.2) is 47.6 Å². The van der Waals surface area contributed by atoms with Gasteiger partial charge in [-0.3, -0.25) is 0 Å². The van der Waals surface area contributed by atoms with Crippen LogP contribution < -0.4 is 18.9 Å². The topological polar surface area (TPSA) is 36.9 Å². The van der Waals surface area contributed by atoms with E-state index >= 15 is 0 Å². The largest absolute Gasteiger partial charge is 0.496 e. The van der Waals surface area contributed by atoms with Gasteiger partial charge in [-0.1, -0.05) is 23.3 Å². The van der Waals surface area contributed by atoms with Crippen molar-refractivity contribution in [2.45, 2.75) is 52.6 Å². The minimum atomic E-state index is -0.0569. The van der Waals surface area contributed by atoms with Gasteiger partial charge in [-0.25, -0.2) is 0 Å². The third kappa shape index (κ3) is 4.04. The van der Waals surface area contributed by atoms with Crippen molar-refractivity contribution >= 4 is 0 Å². The fourth-order valence-electron chi connectivity index (χ4n) is 4.41. The van der Waals surface area contributed by atoms with Crippen LogP contribution in [0, 0.1) is 0 Å². The summed E-state index contributed by atoms with van der Waals surface area (Å²) in [6, 6.07) is 8.39. The molecule has 0 fully saturated rings. The van der Waals surface area contributed by atoms with Crippen LogP contribution in [0.5, 0.6) is 23.0 Å². The van der Waals surface area contributed by atoms with Gasteiger partial charge in [0.2, 0.25) is 0 Å². The second-order valence-electron chi connectivity index (χ2n) is 8.79. The molecule has 4 nitrogen and oxygen atoms in total. The Morgan fingerprint density at radius 1 is 0.935 bits per heavy atom. The van der Waals surface area contributed by atoms with E-state index in [4.69, 9.17) is 18.9 Å². The summed E-state index contributed by atoms with van der Waals surface area (Å²) in [4.78, 5) is 0. The first kappa shape index (κ1) is 21.4. The molecule has 0 N–H and O–H groups in total. The second kappa shape index (κ2) is 8.70. The average molecular weight is 421 g/mol. The Morgan fingerprint density at radius 2 is 1.65 bits per heavy atom. The van der Waals surface area contributed by atoms with Crippen molar-refractivity contribution in [3.63, 3.8) is 0 Å². The molecule has 2 aliphatic rings. The molecule has 0 unspecified atom stereocenters. The Labute approximate surface area is 185 Å². The van der Waals surface area contributed by atoms with Gasteiger partial charge in [-0.2, -0.15) is 0 Å². The molecular formula is C27H32O4. The van der Waals surface area contributed by atoms with E-state index in [9.17, 15) is 0 Å². The molecular weight excluding hydrogens is 388 g/mol. The van der Waals surface area contributed by atoms with Crippen molar-refractivity contribution in [2.24, 2.45) is 0 Å². The van der Waals surface area contributed by atoms with E-state index in [2.05, 4.69) is 52.0 Å². The smallest absolute Gasteiger partial charge is 0.138 e. The van der Waals surface area contributed by atoms with Crippen molar-refractivity contribution in [3.05, 3.63) is 69.8 Å². The van der Waals surface area contributed by atoms with E-state index in [1.54, 1.807) is 14.2 Å². The molecule has 0 saturated carbocycles. The van der Waals surface area contributed by atoms with Gasteiger partial charge in [0, 0.05) is 22.8 Å². The quantitative estimate of drug-likeness (QED) is 0.512. The monoisotopic (exact) mass is 420 g/mol. The van der Waals surface area contributed by atoms with Gasteiger partial charge in [0.1, 0.15) is 29.1 Å². The number of allylic oxidation sites excluding steroid dienone is 4. The minimum absolute atomic E-state index is 0.0569. The molecule has 0 aromatic heterocycles. The molecule has 2 heterocycles. The molecule has 2 aromatic carbocycles. The number of fused-ring (bicyclic) bond motifs is 5. The van der Waals surface area contributed by atoms with Gasteiger partial charge >= 0.3 is 0 Å². The number of benzene rings is 2. The van der Waals surface area contributed by atoms with Crippen LogP contribution in [0.25, 0.3) is 0 Å². The molecule has 2 aromatic rings. The first-order chi connectivity index (χ1) is 14.9. The van der Waals surface area contributed by atoms with Gasteiger partial charge < -0.3 is 18.9 Å². The van der Waals surface area contributed by atoms with Crippen LogP contribution in [0.3, 0.4) is 0 Å². The summed E-state index contributed by atoms with van der Waals surface area (Å²) >= 11 is 0. The predicted octanol–water partition coefficient (Wildman–Crippen LogP) is 6.33. The first-order valence-electron chi connectivity index (χ1n) is 10.9. The first-order valence-corrected chi connectivity index (χ1v) is 10.9. The van der Waals surface area contributed by atoms with E-state index in [1.165, 1.54) is 22.3 Å². The summed E-state index contributed by atoms with van der Waals surface area (Å²) in [5.41, 5.74) is 7.13. The Morgan fingerprint density at radius 3 is 2.32 bits per heavy atom. The van der Waals surface area contributed by atoms with Gasteiger partial charge in [0.15, 0.2) is 0 Å². The van der Waals surface area contributed by atoms with Crippen molar-refractivity contribution in [3.8, 4) is 23.0 Å². The molecule has 4 rings (SSSR count). The Kier molecular flexibility index (Phi) is 5.99. The third-order valence-corrected chi connectivity index (χ3v) is 6.06. The van der Waals surface area contributed by atoms with Crippen LogP contribution in [0.2, 0.25) is 0 Å². The highest BCUT2D eigenvalue weighted by molar-refractivity contribution is 5.58. The predicted molar refractivity (Wildman–Crippen MR) is 124 cm³/mol. The maximum absolute atomic E-state index is 6.48. The van der Waals surface area contributed by atoms with E-state index in [1.807, 2.05) is 12.1 Å². The van der Waals surface area contributed by atoms with Gasteiger partial charge in [-0.15, -0.1) is 0 Å². The summed E-state index contributed by atoms with van der Waals surface area (Å²) in [7, 11) is 3.43. The zero-order chi connectivity index (χ0) is 22.1. The molecule has 0 radical (unpaired) electrons. The molecule has 2 atom stereocenters. The maximum atomic E-state index is 6.48. The third-order valence-electron chi connectivity index (χ3n) is 6.06. The Bertz CT molecular complexity index is 1040. The molecule has 164 valence electrons. The number of hydrogen-bond acceptors (Lipinski definition) is 4. The van der Waals surface area contributed by atoms with Crippen molar-refractivity contribution in [2.75, 3.05) is 20.8 Å². The van der Waals surface area contributed by atoms with E-state index in [-0.39, 0.29) is 12.0 Å². The minimum Gasteiger partial charge on any atom is -0.496 e. The lowest BCUT2D eigenvalue weighted by molar-refractivity contribution is 0.138. The standard InChI is InChI=1S/C27H32O4/c1-16(2)7-9-18-13-21-22-15-30-26-19(10-8-17(3)4)23(28-5)12-11-20(26)27(22)31-25(21)14-24(18)29-6/h7-8,11-14,22,27H,9-10,15H2,1-6H3/t22-,27-/m0/s1. The molecule has 4 heteroatoms. The number of hydrogen-bond donors (Lipinski definition) is 0. The van der Waals surface area contributed by atoms with Crippen molar-refractivity contribution in [1.29, 1.82) is 0 Å². The van der Waals surface area contributed by atoms with Crippen LogP contribution in [0.4, 0.5) is 0 Å². The molecule has 0 spiro atoms. The highest BCUT2D eigenvalue weighted by Crippen LogP contribution is 2.54. The van der Waals surface area contributed by atoms with E-state index < -0.39 is 0 Å². The average Bonchev–Trinajstić information content (AvgIpc) is 3.12. The van der Waals surface area contributed by atoms with E-state index in [0.717, 1.165) is 47.0 Å². The van der Waals surface area contributed by atoms with Crippen molar-refractivity contribution in [1.82, 2.24) is 0 Å². The fraction of sp³-hybridized carbons (Fsp3) is 0.407. The summed E-state index contributed by atoms with van der Waals surface area (Å²) < 4.78 is 24.1. The summed E-state index contributed by atoms with van der Waals surface area (Å²) in [6.07, 6.45) is 6.00. The molecule has 2 aliphatic heterocycles. The highest BCUT2D eigenvalue weighted by atomic mass is 16.5. The number of ether oxygens (including phenoxy) is 4. The Balaban J connectivity index is 1.73. The van der Waals surface area contributed by atoms with Crippen LogP contribution in [0.1, 0.15) is 62.0 Å². The van der Waals surface area contributed by atoms with Crippen LogP contribution in [-0.2, 0) is 12.8 Å². The fourth-order valence-corrected chi connectivity index (χ4v) is 4.41. The molecule has 0 amide bonds. The lowest BCUT2D eigenvalue weighted by Crippen LogP contribution is -2.24. The summed E-state index contributed by atoms with van der Waals surface area (Å²) in [5, 5.41) is 0. The summed E-state index contributed by atoms with van der Waals surface area (Å²) in [5.74, 6) is 3.70. The lowest BCUT2D eigenvalue weighted by Gasteiger charge is -2.30. The molecule has 0 saturated heterocycles.